The SMILES string of the molecule is CCCC(OCc1ccccc1)C(N)=O.Cl. The first-order valence-corrected chi connectivity index (χ1v) is 5.19. The second kappa shape index (κ2) is 8.13. The number of benzene rings is 1. The van der Waals surface area contributed by atoms with Gasteiger partial charge in [0.15, 0.2) is 0 Å². The third kappa shape index (κ3) is 5.14. The van der Waals surface area contributed by atoms with Crippen LogP contribution in [0, 0.1) is 0 Å². The number of primary amides is 1. The van der Waals surface area contributed by atoms with Crippen molar-refractivity contribution in [3.8, 4) is 0 Å². The maximum Gasteiger partial charge on any atom is 0.246 e. The number of hydrogen-bond donors (Lipinski definition) is 1. The predicted octanol–water partition coefficient (Wildman–Crippen LogP) is 2.28. The van der Waals surface area contributed by atoms with Crippen LogP contribution in [0.5, 0.6) is 0 Å². The van der Waals surface area contributed by atoms with Crippen molar-refractivity contribution in [3.05, 3.63) is 35.9 Å². The Morgan fingerprint density at radius 1 is 1.38 bits per heavy atom. The fraction of sp³-hybridized carbons (Fsp3) is 0.417. The molecule has 0 aliphatic heterocycles. The van der Waals surface area contributed by atoms with E-state index in [9.17, 15) is 4.79 Å². The third-order valence-corrected chi connectivity index (χ3v) is 2.16. The van der Waals surface area contributed by atoms with Crippen LogP contribution in [0.2, 0.25) is 0 Å². The zero-order valence-corrected chi connectivity index (χ0v) is 10.2. The third-order valence-electron chi connectivity index (χ3n) is 2.16. The lowest BCUT2D eigenvalue weighted by atomic mass is 10.2. The van der Waals surface area contributed by atoms with Crippen molar-refractivity contribution >= 4 is 18.3 Å². The number of amides is 1. The fourth-order valence-electron chi connectivity index (χ4n) is 1.34. The molecule has 0 radical (unpaired) electrons. The highest BCUT2D eigenvalue weighted by Gasteiger charge is 2.14. The van der Waals surface area contributed by atoms with Crippen LogP contribution in [0.25, 0.3) is 0 Å². The van der Waals surface area contributed by atoms with E-state index in [2.05, 4.69) is 0 Å². The zero-order chi connectivity index (χ0) is 11.1. The Kier molecular flexibility index (Phi) is 7.60. The summed E-state index contributed by atoms with van der Waals surface area (Å²) >= 11 is 0. The molecule has 0 heterocycles. The first-order chi connectivity index (χ1) is 7.24. The number of carbonyl (C=O) groups is 1. The minimum Gasteiger partial charge on any atom is -0.367 e. The van der Waals surface area contributed by atoms with E-state index in [0.29, 0.717) is 13.0 Å². The van der Waals surface area contributed by atoms with Crippen LogP contribution < -0.4 is 5.73 Å². The van der Waals surface area contributed by atoms with E-state index < -0.39 is 6.10 Å². The summed E-state index contributed by atoms with van der Waals surface area (Å²) < 4.78 is 5.46. The Hall–Kier alpha value is -1.06. The number of hydrogen-bond acceptors (Lipinski definition) is 2. The maximum atomic E-state index is 11.0. The molecule has 1 aromatic carbocycles. The normalized spacial score (nSPS) is 11.6. The minimum absolute atomic E-state index is 0. The van der Waals surface area contributed by atoms with Crippen LogP contribution in [0.4, 0.5) is 0 Å². The number of rotatable bonds is 6. The number of nitrogens with two attached hydrogens (primary N) is 1. The minimum atomic E-state index is -0.463. The molecule has 0 fully saturated rings. The van der Waals surface area contributed by atoms with Gasteiger partial charge in [-0.25, -0.2) is 0 Å². The van der Waals surface area contributed by atoms with Crippen LogP contribution in [-0.2, 0) is 16.1 Å². The van der Waals surface area contributed by atoms with Gasteiger partial charge in [-0.05, 0) is 12.0 Å². The Labute approximate surface area is 102 Å². The predicted molar refractivity (Wildman–Crippen MR) is 66.4 cm³/mol. The fourth-order valence-corrected chi connectivity index (χ4v) is 1.34. The number of halogens is 1. The summed E-state index contributed by atoms with van der Waals surface area (Å²) in [6.45, 7) is 2.44. The first kappa shape index (κ1) is 14.9. The Balaban J connectivity index is 0.00000225. The average Bonchev–Trinajstić information content (AvgIpc) is 2.25. The van der Waals surface area contributed by atoms with E-state index >= 15 is 0 Å². The van der Waals surface area contributed by atoms with Gasteiger partial charge in [0.2, 0.25) is 5.91 Å². The van der Waals surface area contributed by atoms with E-state index in [1.54, 1.807) is 0 Å². The van der Waals surface area contributed by atoms with Gasteiger partial charge in [0.05, 0.1) is 6.61 Å². The number of carbonyl (C=O) groups excluding carboxylic acids is 1. The summed E-state index contributed by atoms with van der Waals surface area (Å²) in [5, 5.41) is 0. The van der Waals surface area contributed by atoms with Crippen molar-refractivity contribution in [2.75, 3.05) is 0 Å². The summed E-state index contributed by atoms with van der Waals surface area (Å²) in [5.74, 6) is -0.382. The maximum absolute atomic E-state index is 11.0. The van der Waals surface area contributed by atoms with Crippen LogP contribution in [-0.4, -0.2) is 12.0 Å². The Morgan fingerprint density at radius 3 is 2.50 bits per heavy atom. The van der Waals surface area contributed by atoms with Crippen LogP contribution in [0.1, 0.15) is 25.3 Å². The molecule has 0 aromatic heterocycles. The van der Waals surface area contributed by atoms with Gasteiger partial charge in [0.25, 0.3) is 0 Å². The van der Waals surface area contributed by atoms with Gasteiger partial charge in [-0.2, -0.15) is 0 Å². The standard InChI is InChI=1S/C12H17NO2.ClH/c1-2-6-11(12(13)14)15-9-10-7-4-3-5-8-10;/h3-5,7-8,11H,2,6,9H2,1H3,(H2,13,14);1H. The second-order valence-electron chi connectivity index (χ2n) is 3.48. The van der Waals surface area contributed by atoms with Gasteiger partial charge in [-0.15, -0.1) is 12.4 Å². The lowest BCUT2D eigenvalue weighted by molar-refractivity contribution is -0.130. The monoisotopic (exact) mass is 243 g/mol. The molecular formula is C12H18ClNO2. The molecule has 0 aliphatic carbocycles. The molecule has 90 valence electrons. The summed E-state index contributed by atoms with van der Waals surface area (Å²) in [6, 6.07) is 9.75. The highest BCUT2D eigenvalue weighted by Crippen LogP contribution is 2.07. The van der Waals surface area contributed by atoms with E-state index in [-0.39, 0.29) is 18.3 Å². The van der Waals surface area contributed by atoms with Crippen molar-refractivity contribution in [3.63, 3.8) is 0 Å². The van der Waals surface area contributed by atoms with Crippen molar-refractivity contribution < 1.29 is 9.53 Å². The molecule has 1 unspecified atom stereocenters. The van der Waals surface area contributed by atoms with Crippen LogP contribution >= 0.6 is 12.4 Å². The Morgan fingerprint density at radius 2 is 2.00 bits per heavy atom. The smallest absolute Gasteiger partial charge is 0.246 e. The number of ether oxygens (including phenoxy) is 1. The molecular weight excluding hydrogens is 226 g/mol. The van der Waals surface area contributed by atoms with Gasteiger partial charge in [-0.1, -0.05) is 43.7 Å². The summed E-state index contributed by atoms with van der Waals surface area (Å²) in [6.07, 6.45) is 1.11. The van der Waals surface area contributed by atoms with E-state index in [1.165, 1.54) is 0 Å². The molecule has 0 saturated heterocycles. The van der Waals surface area contributed by atoms with Gasteiger partial charge in [0, 0.05) is 0 Å². The molecule has 0 aliphatic rings. The van der Waals surface area contributed by atoms with E-state index in [1.807, 2.05) is 37.3 Å². The summed E-state index contributed by atoms with van der Waals surface area (Å²) in [7, 11) is 0. The first-order valence-electron chi connectivity index (χ1n) is 5.19. The summed E-state index contributed by atoms with van der Waals surface area (Å²) in [4.78, 5) is 11.0. The molecule has 0 bridgehead atoms. The lowest BCUT2D eigenvalue weighted by Crippen LogP contribution is -2.30. The van der Waals surface area contributed by atoms with E-state index in [0.717, 1.165) is 12.0 Å². The quantitative estimate of drug-likeness (QED) is 0.834. The molecule has 16 heavy (non-hydrogen) atoms. The molecule has 0 saturated carbocycles. The molecule has 3 nitrogen and oxygen atoms in total. The van der Waals surface area contributed by atoms with Crippen LogP contribution in [0.3, 0.4) is 0 Å². The zero-order valence-electron chi connectivity index (χ0n) is 9.39. The molecule has 0 spiro atoms. The van der Waals surface area contributed by atoms with Crippen molar-refractivity contribution in [1.82, 2.24) is 0 Å². The van der Waals surface area contributed by atoms with Crippen molar-refractivity contribution in [2.24, 2.45) is 5.73 Å². The highest BCUT2D eigenvalue weighted by molar-refractivity contribution is 5.85. The van der Waals surface area contributed by atoms with Gasteiger partial charge in [0.1, 0.15) is 6.10 Å². The van der Waals surface area contributed by atoms with Crippen molar-refractivity contribution in [2.45, 2.75) is 32.5 Å². The molecule has 1 atom stereocenters. The topological polar surface area (TPSA) is 52.3 Å². The molecule has 2 N–H and O–H groups in total. The van der Waals surface area contributed by atoms with Gasteiger partial charge in [-0.3, -0.25) is 4.79 Å². The molecule has 1 rings (SSSR count). The average molecular weight is 244 g/mol. The van der Waals surface area contributed by atoms with Crippen LogP contribution in [0.15, 0.2) is 30.3 Å². The van der Waals surface area contributed by atoms with Crippen molar-refractivity contribution in [1.29, 1.82) is 0 Å². The van der Waals surface area contributed by atoms with Gasteiger partial charge < -0.3 is 10.5 Å². The largest absolute Gasteiger partial charge is 0.367 e. The summed E-state index contributed by atoms with van der Waals surface area (Å²) in [5.41, 5.74) is 6.28. The second-order valence-corrected chi connectivity index (χ2v) is 3.48. The van der Waals surface area contributed by atoms with E-state index in [4.69, 9.17) is 10.5 Å². The molecule has 1 aromatic rings. The highest BCUT2D eigenvalue weighted by atomic mass is 35.5. The lowest BCUT2D eigenvalue weighted by Gasteiger charge is -2.13. The van der Waals surface area contributed by atoms with Gasteiger partial charge >= 0.3 is 0 Å². The molecule has 4 heteroatoms. The Bertz CT molecular complexity index is 303. The molecule has 1 amide bonds.